The SMILES string of the molecule is CC1(C)C(O)CCN1C(=O)c1cc2ccccc2[nH]1. The summed E-state index contributed by atoms with van der Waals surface area (Å²) in [6.07, 6.45) is 0.180. The van der Waals surface area contributed by atoms with E-state index in [1.807, 2.05) is 44.2 Å². The number of aromatic amines is 1. The largest absolute Gasteiger partial charge is 0.391 e. The fourth-order valence-electron chi connectivity index (χ4n) is 2.77. The van der Waals surface area contributed by atoms with E-state index in [2.05, 4.69) is 4.98 Å². The van der Waals surface area contributed by atoms with E-state index >= 15 is 0 Å². The molecule has 4 nitrogen and oxygen atoms in total. The standard InChI is InChI=1S/C15H18N2O2/c1-15(2)13(18)7-8-17(15)14(19)12-9-10-5-3-4-6-11(10)16-12/h3-6,9,13,16,18H,7-8H2,1-2H3. The van der Waals surface area contributed by atoms with E-state index in [1.165, 1.54) is 0 Å². The van der Waals surface area contributed by atoms with Crippen molar-refractivity contribution in [2.75, 3.05) is 6.54 Å². The Morgan fingerprint density at radius 1 is 1.42 bits per heavy atom. The number of rotatable bonds is 1. The van der Waals surface area contributed by atoms with Crippen LogP contribution < -0.4 is 0 Å². The van der Waals surface area contributed by atoms with Gasteiger partial charge in [-0.25, -0.2) is 0 Å². The number of carbonyl (C=O) groups is 1. The Morgan fingerprint density at radius 3 is 2.79 bits per heavy atom. The zero-order valence-electron chi connectivity index (χ0n) is 11.2. The number of fused-ring (bicyclic) bond motifs is 1. The van der Waals surface area contributed by atoms with E-state index in [9.17, 15) is 9.90 Å². The van der Waals surface area contributed by atoms with Crippen molar-refractivity contribution in [1.29, 1.82) is 0 Å². The first kappa shape index (κ1) is 12.2. The molecule has 2 aromatic rings. The molecular formula is C15H18N2O2. The molecule has 4 heteroatoms. The number of nitrogens with one attached hydrogen (secondary N) is 1. The summed E-state index contributed by atoms with van der Waals surface area (Å²) in [5, 5.41) is 11.0. The van der Waals surface area contributed by atoms with Crippen molar-refractivity contribution < 1.29 is 9.90 Å². The van der Waals surface area contributed by atoms with Crippen molar-refractivity contribution in [2.24, 2.45) is 0 Å². The Hall–Kier alpha value is -1.81. The summed E-state index contributed by atoms with van der Waals surface area (Å²) in [5.41, 5.74) is 1.04. The first-order valence-corrected chi connectivity index (χ1v) is 6.58. The predicted molar refractivity (Wildman–Crippen MR) is 74.0 cm³/mol. The molecule has 3 rings (SSSR count). The van der Waals surface area contributed by atoms with E-state index in [-0.39, 0.29) is 5.91 Å². The summed E-state index contributed by atoms with van der Waals surface area (Å²) in [5.74, 6) is -0.0437. The molecule has 2 heterocycles. The highest BCUT2D eigenvalue weighted by Crippen LogP contribution is 2.30. The molecule has 0 radical (unpaired) electrons. The van der Waals surface area contributed by atoms with Crippen molar-refractivity contribution in [1.82, 2.24) is 9.88 Å². The lowest BCUT2D eigenvalue weighted by atomic mass is 9.98. The Kier molecular flexibility index (Phi) is 2.64. The molecule has 1 amide bonds. The van der Waals surface area contributed by atoms with Crippen LogP contribution in [-0.2, 0) is 0 Å². The molecule has 1 aromatic carbocycles. The van der Waals surface area contributed by atoms with Gasteiger partial charge < -0.3 is 15.0 Å². The number of para-hydroxylation sites is 1. The highest BCUT2D eigenvalue weighted by atomic mass is 16.3. The van der Waals surface area contributed by atoms with Crippen LogP contribution in [0, 0.1) is 0 Å². The molecule has 2 N–H and O–H groups in total. The maximum absolute atomic E-state index is 12.6. The molecule has 1 saturated heterocycles. The quantitative estimate of drug-likeness (QED) is 0.823. The van der Waals surface area contributed by atoms with Crippen LogP contribution in [0.2, 0.25) is 0 Å². The highest BCUT2D eigenvalue weighted by Gasteiger charge is 2.43. The van der Waals surface area contributed by atoms with Crippen LogP contribution in [0.5, 0.6) is 0 Å². The number of benzene rings is 1. The molecule has 0 saturated carbocycles. The third-order valence-corrected chi connectivity index (χ3v) is 4.14. The lowest BCUT2D eigenvalue weighted by Gasteiger charge is -2.33. The van der Waals surface area contributed by atoms with Crippen LogP contribution in [0.25, 0.3) is 10.9 Å². The number of hydrogen-bond donors (Lipinski definition) is 2. The van der Waals surface area contributed by atoms with E-state index in [1.54, 1.807) is 4.90 Å². The van der Waals surface area contributed by atoms with Crippen LogP contribution in [0.1, 0.15) is 30.8 Å². The van der Waals surface area contributed by atoms with Crippen molar-refractivity contribution in [3.63, 3.8) is 0 Å². The van der Waals surface area contributed by atoms with Gasteiger partial charge in [0.1, 0.15) is 5.69 Å². The van der Waals surface area contributed by atoms with Crippen molar-refractivity contribution >= 4 is 16.8 Å². The second-order valence-electron chi connectivity index (χ2n) is 5.69. The Bertz CT molecular complexity index is 597. The van der Waals surface area contributed by atoms with Gasteiger partial charge in [0, 0.05) is 17.4 Å². The zero-order chi connectivity index (χ0) is 13.6. The molecule has 1 unspecified atom stereocenters. The fourth-order valence-corrected chi connectivity index (χ4v) is 2.77. The van der Waals surface area contributed by atoms with Gasteiger partial charge in [0.15, 0.2) is 0 Å². The smallest absolute Gasteiger partial charge is 0.270 e. The second kappa shape index (κ2) is 4.10. The number of likely N-dealkylation sites (tertiary alicyclic amines) is 1. The van der Waals surface area contributed by atoms with Crippen LogP contribution in [0.4, 0.5) is 0 Å². The molecule has 19 heavy (non-hydrogen) atoms. The van der Waals surface area contributed by atoms with Gasteiger partial charge in [0.25, 0.3) is 5.91 Å². The minimum Gasteiger partial charge on any atom is -0.391 e. The van der Waals surface area contributed by atoms with Gasteiger partial charge in [0.2, 0.25) is 0 Å². The zero-order valence-corrected chi connectivity index (χ0v) is 11.2. The summed E-state index contributed by atoms with van der Waals surface area (Å²) in [6, 6.07) is 9.70. The van der Waals surface area contributed by atoms with Gasteiger partial charge in [-0.05, 0) is 32.4 Å². The van der Waals surface area contributed by atoms with E-state index in [0.29, 0.717) is 18.7 Å². The molecule has 0 aliphatic carbocycles. The fraction of sp³-hybridized carbons (Fsp3) is 0.400. The predicted octanol–water partition coefficient (Wildman–Crippen LogP) is 2.15. The van der Waals surface area contributed by atoms with Crippen molar-refractivity contribution in [2.45, 2.75) is 31.9 Å². The lowest BCUT2D eigenvalue weighted by molar-refractivity contribution is 0.0390. The van der Waals surface area contributed by atoms with Crippen LogP contribution in [-0.4, -0.2) is 39.1 Å². The average Bonchev–Trinajstić information content (AvgIpc) is 2.91. The number of aliphatic hydroxyl groups is 1. The number of amides is 1. The van der Waals surface area contributed by atoms with Crippen LogP contribution in [0.3, 0.4) is 0 Å². The molecular weight excluding hydrogens is 240 g/mol. The molecule has 100 valence electrons. The molecule has 0 spiro atoms. The lowest BCUT2D eigenvalue weighted by Crippen LogP contribution is -2.48. The van der Waals surface area contributed by atoms with Gasteiger partial charge in [-0.3, -0.25) is 4.79 Å². The molecule has 1 aromatic heterocycles. The Morgan fingerprint density at radius 2 is 2.16 bits per heavy atom. The number of hydrogen-bond acceptors (Lipinski definition) is 2. The maximum Gasteiger partial charge on any atom is 0.270 e. The topological polar surface area (TPSA) is 56.3 Å². The summed E-state index contributed by atoms with van der Waals surface area (Å²) in [4.78, 5) is 17.5. The minimum absolute atomic E-state index is 0.0437. The van der Waals surface area contributed by atoms with Crippen LogP contribution >= 0.6 is 0 Å². The molecule has 1 aliphatic rings. The highest BCUT2D eigenvalue weighted by molar-refractivity contribution is 5.98. The monoisotopic (exact) mass is 258 g/mol. The van der Waals surface area contributed by atoms with Gasteiger partial charge in [-0.1, -0.05) is 18.2 Å². The molecule has 1 fully saturated rings. The third-order valence-electron chi connectivity index (χ3n) is 4.14. The summed E-state index contributed by atoms with van der Waals surface area (Å²) >= 11 is 0. The van der Waals surface area contributed by atoms with E-state index in [0.717, 1.165) is 10.9 Å². The second-order valence-corrected chi connectivity index (χ2v) is 5.69. The van der Waals surface area contributed by atoms with Gasteiger partial charge >= 0.3 is 0 Å². The number of aromatic nitrogens is 1. The number of nitrogens with zero attached hydrogens (tertiary/aromatic N) is 1. The number of aliphatic hydroxyl groups excluding tert-OH is 1. The van der Waals surface area contributed by atoms with Crippen LogP contribution in [0.15, 0.2) is 30.3 Å². The van der Waals surface area contributed by atoms with E-state index in [4.69, 9.17) is 0 Å². The van der Waals surface area contributed by atoms with Gasteiger partial charge in [-0.2, -0.15) is 0 Å². The normalized spacial score (nSPS) is 22.1. The summed E-state index contributed by atoms with van der Waals surface area (Å²) in [7, 11) is 0. The van der Waals surface area contributed by atoms with E-state index < -0.39 is 11.6 Å². The first-order chi connectivity index (χ1) is 9.00. The van der Waals surface area contributed by atoms with Crippen molar-refractivity contribution in [3.05, 3.63) is 36.0 Å². The Labute approximate surface area is 112 Å². The third kappa shape index (κ3) is 1.83. The van der Waals surface area contributed by atoms with Crippen molar-refractivity contribution in [3.8, 4) is 0 Å². The summed E-state index contributed by atoms with van der Waals surface area (Å²) in [6.45, 7) is 4.42. The van der Waals surface area contributed by atoms with Gasteiger partial charge in [-0.15, -0.1) is 0 Å². The molecule has 1 aliphatic heterocycles. The Balaban J connectivity index is 1.96. The van der Waals surface area contributed by atoms with Gasteiger partial charge in [0.05, 0.1) is 11.6 Å². The summed E-state index contributed by atoms with van der Waals surface area (Å²) < 4.78 is 0. The number of carbonyl (C=O) groups excluding carboxylic acids is 1. The molecule has 1 atom stereocenters. The number of H-pyrrole nitrogens is 1. The minimum atomic E-state index is -0.506. The average molecular weight is 258 g/mol. The maximum atomic E-state index is 12.6. The molecule has 0 bridgehead atoms. The first-order valence-electron chi connectivity index (χ1n) is 6.58.